The lowest BCUT2D eigenvalue weighted by Gasteiger charge is -2.22. The van der Waals surface area contributed by atoms with E-state index in [-0.39, 0.29) is 5.41 Å². The summed E-state index contributed by atoms with van der Waals surface area (Å²) in [6.07, 6.45) is 0. The summed E-state index contributed by atoms with van der Waals surface area (Å²) < 4.78 is 2.72. The van der Waals surface area contributed by atoms with Gasteiger partial charge >= 0.3 is 0 Å². The van der Waals surface area contributed by atoms with Crippen molar-refractivity contribution < 1.29 is 0 Å². The fourth-order valence-corrected chi connectivity index (χ4v) is 8.53. The molecule has 1 heteroatoms. The van der Waals surface area contributed by atoms with Crippen LogP contribution in [0.5, 0.6) is 0 Å². The molecule has 0 spiro atoms. The third-order valence-electron chi connectivity index (χ3n) is 9.25. The summed E-state index contributed by atoms with van der Waals surface area (Å²) in [6, 6.07) is 45.5. The van der Waals surface area contributed by atoms with E-state index in [2.05, 4.69) is 135 Å². The summed E-state index contributed by atoms with van der Waals surface area (Å²) >= 11 is 1.91. The Bertz CT molecular complexity index is 2350. The Balaban J connectivity index is 1.34. The zero-order valence-electron chi connectivity index (χ0n) is 22.5. The van der Waals surface area contributed by atoms with Gasteiger partial charge in [0.25, 0.3) is 0 Å². The number of rotatable bonds is 1. The van der Waals surface area contributed by atoms with Gasteiger partial charge in [0.1, 0.15) is 0 Å². The molecule has 0 bridgehead atoms. The fraction of sp³-hybridized carbons (Fsp3) is 0.0769. The molecule has 0 saturated carbocycles. The molecule has 7 aromatic carbocycles. The molecule has 40 heavy (non-hydrogen) atoms. The Kier molecular flexibility index (Phi) is 4.37. The van der Waals surface area contributed by atoms with Crippen molar-refractivity contribution in [1.82, 2.24) is 0 Å². The highest BCUT2D eigenvalue weighted by atomic mass is 32.1. The molecule has 0 fully saturated rings. The zero-order valence-corrected chi connectivity index (χ0v) is 23.3. The van der Waals surface area contributed by atoms with Gasteiger partial charge in [0.05, 0.1) is 0 Å². The molecular weight excluding hydrogens is 500 g/mol. The molecule has 1 heterocycles. The molecule has 0 unspecified atom stereocenters. The van der Waals surface area contributed by atoms with Crippen molar-refractivity contribution in [2.24, 2.45) is 0 Å². The van der Waals surface area contributed by atoms with Crippen LogP contribution in [-0.2, 0) is 5.41 Å². The molecule has 0 amide bonds. The molecule has 1 aliphatic rings. The number of fused-ring (bicyclic) bond motifs is 12. The topological polar surface area (TPSA) is 0 Å². The van der Waals surface area contributed by atoms with Crippen molar-refractivity contribution in [2.45, 2.75) is 19.3 Å². The van der Waals surface area contributed by atoms with Gasteiger partial charge in [-0.1, -0.05) is 111 Å². The summed E-state index contributed by atoms with van der Waals surface area (Å²) in [6.45, 7) is 4.78. The molecule has 9 rings (SSSR count). The van der Waals surface area contributed by atoms with Crippen LogP contribution in [0, 0.1) is 0 Å². The highest BCUT2D eigenvalue weighted by molar-refractivity contribution is 7.26. The van der Waals surface area contributed by atoms with Crippen LogP contribution in [0.15, 0.2) is 121 Å². The van der Waals surface area contributed by atoms with Gasteiger partial charge in [0, 0.05) is 25.6 Å². The quantitative estimate of drug-likeness (QED) is 0.187. The maximum atomic E-state index is 2.49. The van der Waals surface area contributed by atoms with Crippen LogP contribution in [0.4, 0.5) is 0 Å². The van der Waals surface area contributed by atoms with Crippen LogP contribution in [0.25, 0.3) is 74.7 Å². The lowest BCUT2D eigenvalue weighted by molar-refractivity contribution is 0.661. The third-order valence-corrected chi connectivity index (χ3v) is 10.5. The van der Waals surface area contributed by atoms with Gasteiger partial charge in [0.2, 0.25) is 0 Å². The second kappa shape index (κ2) is 7.81. The highest BCUT2D eigenvalue weighted by Crippen LogP contribution is 2.52. The minimum Gasteiger partial charge on any atom is -0.135 e. The van der Waals surface area contributed by atoms with Gasteiger partial charge in [-0.3, -0.25) is 0 Å². The van der Waals surface area contributed by atoms with Crippen molar-refractivity contribution >= 4 is 63.8 Å². The number of hydrogen-bond donors (Lipinski definition) is 0. The van der Waals surface area contributed by atoms with Gasteiger partial charge in [-0.05, 0) is 90.0 Å². The molecule has 1 aliphatic carbocycles. The lowest BCUT2D eigenvalue weighted by atomic mass is 9.81. The summed E-state index contributed by atoms with van der Waals surface area (Å²) in [5, 5.41) is 10.7. The number of thiophene rings is 1. The van der Waals surface area contributed by atoms with E-state index >= 15 is 0 Å². The molecule has 1 aromatic heterocycles. The van der Waals surface area contributed by atoms with Crippen LogP contribution in [0.1, 0.15) is 25.0 Å². The Morgan fingerprint density at radius 1 is 0.425 bits per heavy atom. The Labute approximate surface area is 237 Å². The minimum absolute atomic E-state index is 0.0617. The van der Waals surface area contributed by atoms with Gasteiger partial charge < -0.3 is 0 Å². The second-order valence-corrected chi connectivity index (χ2v) is 12.8. The summed E-state index contributed by atoms with van der Waals surface area (Å²) in [5.41, 5.74) is 8.14. The van der Waals surface area contributed by atoms with Crippen LogP contribution in [0.3, 0.4) is 0 Å². The Morgan fingerprint density at radius 3 is 1.73 bits per heavy atom. The van der Waals surface area contributed by atoms with E-state index in [1.807, 2.05) is 11.3 Å². The van der Waals surface area contributed by atoms with Crippen molar-refractivity contribution in [3.05, 3.63) is 132 Å². The van der Waals surface area contributed by atoms with E-state index in [0.717, 1.165) is 0 Å². The van der Waals surface area contributed by atoms with Crippen LogP contribution in [-0.4, -0.2) is 0 Å². The van der Waals surface area contributed by atoms with Gasteiger partial charge in [0.15, 0.2) is 0 Å². The molecule has 8 aromatic rings. The Hall–Kier alpha value is -4.46. The van der Waals surface area contributed by atoms with Crippen LogP contribution < -0.4 is 0 Å². The van der Waals surface area contributed by atoms with Crippen molar-refractivity contribution in [2.75, 3.05) is 0 Å². The second-order valence-electron chi connectivity index (χ2n) is 11.7. The molecule has 0 saturated heterocycles. The molecule has 0 aliphatic heterocycles. The highest BCUT2D eigenvalue weighted by Gasteiger charge is 2.36. The van der Waals surface area contributed by atoms with E-state index in [1.165, 1.54) is 85.9 Å². The summed E-state index contributed by atoms with van der Waals surface area (Å²) in [7, 11) is 0. The van der Waals surface area contributed by atoms with E-state index < -0.39 is 0 Å². The van der Waals surface area contributed by atoms with Crippen molar-refractivity contribution in [3.8, 4) is 22.3 Å². The van der Waals surface area contributed by atoms with Gasteiger partial charge in [-0.25, -0.2) is 0 Å². The SMILES string of the molecule is CC1(C)c2ccc(-c3cccc4c3sc3ccccc34)cc2-c2cc3c4ccccc4c4ccccc4c3cc21. The normalized spacial score (nSPS) is 13.9. The van der Waals surface area contributed by atoms with E-state index in [4.69, 9.17) is 0 Å². The summed E-state index contributed by atoms with van der Waals surface area (Å²) in [4.78, 5) is 0. The molecule has 0 nitrogen and oxygen atoms in total. The smallest absolute Gasteiger partial charge is 0.0433 e. The minimum atomic E-state index is -0.0617. The standard InChI is InChI=1S/C39H26S/c1-39(2)35-19-18-23(24-15-9-16-30-29-14-7-8-17-37(29)40-38(24)30)20-33(35)34-21-31-27-12-5-3-10-25(27)26-11-4-6-13-28(26)32(31)22-36(34)39/h3-22H,1-2H3. The fourth-order valence-electron chi connectivity index (χ4n) is 7.29. The molecule has 0 radical (unpaired) electrons. The largest absolute Gasteiger partial charge is 0.135 e. The number of benzene rings is 7. The third kappa shape index (κ3) is 2.85. The van der Waals surface area contributed by atoms with E-state index in [1.54, 1.807) is 0 Å². The lowest BCUT2D eigenvalue weighted by Crippen LogP contribution is -2.14. The maximum Gasteiger partial charge on any atom is 0.0433 e. The molecule has 0 atom stereocenters. The first-order valence-electron chi connectivity index (χ1n) is 14.0. The molecule has 0 N–H and O–H groups in total. The molecule has 188 valence electrons. The predicted molar refractivity (Wildman–Crippen MR) is 175 cm³/mol. The van der Waals surface area contributed by atoms with E-state index in [0.29, 0.717) is 0 Å². The van der Waals surface area contributed by atoms with Crippen molar-refractivity contribution in [3.63, 3.8) is 0 Å². The van der Waals surface area contributed by atoms with Crippen LogP contribution in [0.2, 0.25) is 0 Å². The first kappa shape index (κ1) is 22.4. The van der Waals surface area contributed by atoms with Crippen LogP contribution >= 0.6 is 11.3 Å². The Morgan fingerprint density at radius 2 is 1.00 bits per heavy atom. The first-order chi connectivity index (χ1) is 19.6. The summed E-state index contributed by atoms with van der Waals surface area (Å²) in [5.74, 6) is 0. The first-order valence-corrected chi connectivity index (χ1v) is 14.8. The average Bonchev–Trinajstić information content (AvgIpc) is 3.49. The van der Waals surface area contributed by atoms with Gasteiger partial charge in [-0.15, -0.1) is 11.3 Å². The average molecular weight is 527 g/mol. The monoisotopic (exact) mass is 526 g/mol. The van der Waals surface area contributed by atoms with E-state index in [9.17, 15) is 0 Å². The predicted octanol–water partition coefficient (Wildman–Crippen LogP) is 11.5. The maximum absolute atomic E-state index is 2.49. The number of hydrogen-bond acceptors (Lipinski definition) is 1. The zero-order chi connectivity index (χ0) is 26.6. The van der Waals surface area contributed by atoms with Gasteiger partial charge in [-0.2, -0.15) is 0 Å². The molecular formula is C39H26S. The van der Waals surface area contributed by atoms with Crippen molar-refractivity contribution in [1.29, 1.82) is 0 Å².